The van der Waals surface area contributed by atoms with Crippen molar-refractivity contribution in [2.24, 2.45) is 5.92 Å². The van der Waals surface area contributed by atoms with Gasteiger partial charge >= 0.3 is 0 Å². The maximum absolute atomic E-state index is 11.9. The van der Waals surface area contributed by atoms with Gasteiger partial charge in [0.25, 0.3) is 0 Å². The fourth-order valence-electron chi connectivity index (χ4n) is 2.94. The van der Waals surface area contributed by atoms with Gasteiger partial charge in [-0.05, 0) is 38.5 Å². The largest absolute Gasteiger partial charge is 0.378 e. The van der Waals surface area contributed by atoms with E-state index in [9.17, 15) is 4.79 Å². The monoisotopic (exact) mass is 265 g/mol. The Hall–Kier alpha value is -0.830. The molecule has 3 nitrogen and oxygen atoms in total. The molecule has 0 aromatic heterocycles. The second kappa shape index (κ2) is 8.36. The van der Waals surface area contributed by atoms with E-state index in [1.54, 1.807) is 0 Å². The molecule has 3 heteroatoms. The lowest BCUT2D eigenvalue weighted by Gasteiger charge is -2.22. The Morgan fingerprint density at radius 1 is 1.16 bits per heavy atom. The summed E-state index contributed by atoms with van der Waals surface area (Å²) in [6, 6.07) is 0. The first kappa shape index (κ1) is 14.6. The van der Waals surface area contributed by atoms with Crippen molar-refractivity contribution in [1.29, 1.82) is 0 Å². The van der Waals surface area contributed by atoms with E-state index in [0.29, 0.717) is 6.10 Å². The predicted molar refractivity (Wildman–Crippen MR) is 76.9 cm³/mol. The molecule has 0 radical (unpaired) electrons. The molecule has 0 aromatic carbocycles. The number of nitrogens with one attached hydrogen (secondary N) is 1. The zero-order chi connectivity index (χ0) is 13.3. The van der Waals surface area contributed by atoms with E-state index in [-0.39, 0.29) is 11.8 Å². The van der Waals surface area contributed by atoms with Crippen LogP contribution in [0.2, 0.25) is 0 Å². The Morgan fingerprint density at radius 2 is 2.00 bits per heavy atom. The van der Waals surface area contributed by atoms with Crippen molar-refractivity contribution in [2.45, 2.75) is 63.9 Å². The summed E-state index contributed by atoms with van der Waals surface area (Å²) in [5.74, 6) is 0.422. The summed E-state index contributed by atoms with van der Waals surface area (Å²) >= 11 is 0. The molecular weight excluding hydrogens is 238 g/mol. The van der Waals surface area contributed by atoms with Crippen LogP contribution in [0.4, 0.5) is 0 Å². The van der Waals surface area contributed by atoms with Gasteiger partial charge < -0.3 is 10.1 Å². The lowest BCUT2D eigenvalue weighted by Crippen LogP contribution is -2.32. The van der Waals surface area contributed by atoms with Crippen molar-refractivity contribution in [1.82, 2.24) is 5.32 Å². The van der Waals surface area contributed by atoms with Crippen LogP contribution < -0.4 is 5.32 Å². The molecule has 0 saturated heterocycles. The van der Waals surface area contributed by atoms with Crippen molar-refractivity contribution in [3.63, 3.8) is 0 Å². The van der Waals surface area contributed by atoms with Crippen molar-refractivity contribution in [2.75, 3.05) is 13.2 Å². The molecule has 0 bridgehead atoms. The van der Waals surface area contributed by atoms with Crippen LogP contribution in [-0.2, 0) is 9.53 Å². The summed E-state index contributed by atoms with van der Waals surface area (Å²) < 4.78 is 5.85. The number of hydrogen-bond donors (Lipinski definition) is 1. The van der Waals surface area contributed by atoms with E-state index < -0.39 is 0 Å². The minimum absolute atomic E-state index is 0.198. The molecule has 1 amide bonds. The van der Waals surface area contributed by atoms with Gasteiger partial charge in [0.1, 0.15) is 0 Å². The van der Waals surface area contributed by atoms with Crippen LogP contribution in [0.15, 0.2) is 12.2 Å². The maximum Gasteiger partial charge on any atom is 0.223 e. The van der Waals surface area contributed by atoms with Crippen LogP contribution >= 0.6 is 0 Å². The molecule has 2 rings (SSSR count). The number of carbonyl (C=O) groups excluding carboxylic acids is 1. The van der Waals surface area contributed by atoms with E-state index in [1.165, 1.54) is 32.1 Å². The van der Waals surface area contributed by atoms with Crippen LogP contribution in [-0.4, -0.2) is 25.2 Å². The number of amides is 1. The zero-order valence-electron chi connectivity index (χ0n) is 11.9. The third-order valence-corrected chi connectivity index (χ3v) is 4.17. The van der Waals surface area contributed by atoms with Crippen molar-refractivity contribution < 1.29 is 9.53 Å². The van der Waals surface area contributed by atoms with Crippen molar-refractivity contribution >= 4 is 5.91 Å². The number of rotatable bonds is 6. The van der Waals surface area contributed by atoms with Crippen LogP contribution in [0, 0.1) is 5.92 Å². The van der Waals surface area contributed by atoms with Crippen LogP contribution in [0.3, 0.4) is 0 Å². The van der Waals surface area contributed by atoms with Gasteiger partial charge in [-0.3, -0.25) is 4.79 Å². The highest BCUT2D eigenvalue weighted by atomic mass is 16.5. The molecule has 19 heavy (non-hydrogen) atoms. The fraction of sp³-hybridized carbons (Fsp3) is 0.812. The summed E-state index contributed by atoms with van der Waals surface area (Å²) in [7, 11) is 0. The fourth-order valence-corrected chi connectivity index (χ4v) is 2.94. The molecule has 0 spiro atoms. The highest BCUT2D eigenvalue weighted by Gasteiger charge is 2.18. The molecule has 0 aliphatic heterocycles. The number of allylic oxidation sites excluding steroid dienone is 2. The molecule has 1 unspecified atom stereocenters. The van der Waals surface area contributed by atoms with E-state index in [4.69, 9.17) is 4.74 Å². The number of ether oxygens (including phenoxy) is 1. The van der Waals surface area contributed by atoms with E-state index in [2.05, 4.69) is 17.5 Å². The summed E-state index contributed by atoms with van der Waals surface area (Å²) in [6.07, 6.45) is 15.1. The highest BCUT2D eigenvalue weighted by Crippen LogP contribution is 2.20. The Labute approximate surface area is 116 Å². The topological polar surface area (TPSA) is 38.3 Å². The third-order valence-electron chi connectivity index (χ3n) is 4.17. The standard InChI is InChI=1S/C16H27NO2/c18-16(14-8-3-1-4-9-14)17-12-7-13-19-15-10-5-2-6-11-15/h1,3,14-15H,2,4-13H2,(H,17,18). The van der Waals surface area contributed by atoms with E-state index in [0.717, 1.165) is 38.8 Å². The lowest BCUT2D eigenvalue weighted by molar-refractivity contribution is -0.125. The second-order valence-electron chi connectivity index (χ2n) is 5.76. The Kier molecular flexibility index (Phi) is 6.42. The normalized spacial score (nSPS) is 24.3. The molecule has 108 valence electrons. The summed E-state index contributed by atoms with van der Waals surface area (Å²) in [6.45, 7) is 1.54. The average molecular weight is 265 g/mol. The molecule has 1 N–H and O–H groups in total. The minimum atomic E-state index is 0.198. The molecule has 2 aliphatic carbocycles. The SMILES string of the molecule is O=C(NCCCOC1CCCCC1)C1CC=CCC1. The second-order valence-corrected chi connectivity index (χ2v) is 5.76. The number of hydrogen-bond acceptors (Lipinski definition) is 2. The van der Waals surface area contributed by atoms with Gasteiger partial charge in [0.15, 0.2) is 0 Å². The molecule has 1 fully saturated rings. The summed E-state index contributed by atoms with van der Waals surface area (Å²) in [5, 5.41) is 3.04. The molecule has 1 atom stereocenters. The minimum Gasteiger partial charge on any atom is -0.378 e. The van der Waals surface area contributed by atoms with E-state index >= 15 is 0 Å². The van der Waals surface area contributed by atoms with Crippen LogP contribution in [0.1, 0.15) is 57.8 Å². The average Bonchev–Trinajstić information content (AvgIpc) is 2.49. The zero-order valence-corrected chi connectivity index (χ0v) is 11.9. The maximum atomic E-state index is 11.9. The first-order valence-corrected chi connectivity index (χ1v) is 7.90. The third kappa shape index (κ3) is 5.35. The molecule has 0 aromatic rings. The molecular formula is C16H27NO2. The van der Waals surface area contributed by atoms with Gasteiger partial charge in [0.05, 0.1) is 6.10 Å². The molecule has 1 saturated carbocycles. The van der Waals surface area contributed by atoms with Gasteiger partial charge in [-0.1, -0.05) is 31.4 Å². The van der Waals surface area contributed by atoms with Gasteiger partial charge in [-0.2, -0.15) is 0 Å². The lowest BCUT2D eigenvalue weighted by atomic mass is 9.94. The Morgan fingerprint density at radius 3 is 2.74 bits per heavy atom. The van der Waals surface area contributed by atoms with Gasteiger partial charge in [0, 0.05) is 19.1 Å². The van der Waals surface area contributed by atoms with Crippen molar-refractivity contribution in [3.8, 4) is 0 Å². The van der Waals surface area contributed by atoms with Crippen LogP contribution in [0.25, 0.3) is 0 Å². The van der Waals surface area contributed by atoms with Crippen LogP contribution in [0.5, 0.6) is 0 Å². The Balaban J connectivity index is 1.49. The Bertz CT molecular complexity index is 295. The van der Waals surface area contributed by atoms with Gasteiger partial charge in [-0.25, -0.2) is 0 Å². The van der Waals surface area contributed by atoms with Crippen molar-refractivity contribution in [3.05, 3.63) is 12.2 Å². The van der Waals surface area contributed by atoms with Gasteiger partial charge in [-0.15, -0.1) is 0 Å². The smallest absolute Gasteiger partial charge is 0.223 e. The van der Waals surface area contributed by atoms with Gasteiger partial charge in [0.2, 0.25) is 5.91 Å². The number of carbonyl (C=O) groups is 1. The summed E-state index contributed by atoms with van der Waals surface area (Å²) in [5.41, 5.74) is 0. The first-order valence-electron chi connectivity index (χ1n) is 7.90. The predicted octanol–water partition coefficient (Wildman–Crippen LogP) is 3.20. The van der Waals surface area contributed by atoms with E-state index in [1.807, 2.05) is 0 Å². The highest BCUT2D eigenvalue weighted by molar-refractivity contribution is 5.78. The quantitative estimate of drug-likeness (QED) is 0.591. The summed E-state index contributed by atoms with van der Waals surface area (Å²) in [4.78, 5) is 11.9. The first-order chi connectivity index (χ1) is 9.36. The molecule has 2 aliphatic rings. The molecule has 0 heterocycles.